The summed E-state index contributed by atoms with van der Waals surface area (Å²) in [6, 6.07) is 7.78. The Labute approximate surface area is 179 Å². The van der Waals surface area contributed by atoms with Crippen molar-refractivity contribution >= 4 is 27.5 Å². The number of carbonyl (C=O) groups excluding carboxylic acids is 1. The molecule has 1 aromatic carbocycles. The van der Waals surface area contributed by atoms with Gasteiger partial charge in [-0.25, -0.2) is 4.98 Å². The van der Waals surface area contributed by atoms with Gasteiger partial charge in [0.15, 0.2) is 0 Å². The van der Waals surface area contributed by atoms with Crippen molar-refractivity contribution < 1.29 is 9.53 Å². The van der Waals surface area contributed by atoms with Gasteiger partial charge in [-0.3, -0.25) is 9.59 Å². The Morgan fingerprint density at radius 1 is 1.23 bits per heavy atom. The molecule has 0 spiro atoms. The van der Waals surface area contributed by atoms with E-state index in [0.29, 0.717) is 31.8 Å². The highest BCUT2D eigenvalue weighted by Crippen LogP contribution is 2.33. The SMILES string of the molecule is CCOc1ccc(CN(C)C(=O)CCc2nc3sc4c(c3c(=O)[nH]2)CCCC4)cc1. The zero-order chi connectivity index (χ0) is 21.1. The van der Waals surface area contributed by atoms with Crippen LogP contribution in [0.4, 0.5) is 0 Å². The lowest BCUT2D eigenvalue weighted by molar-refractivity contribution is -0.130. The molecule has 0 saturated carbocycles. The molecule has 3 aromatic rings. The van der Waals surface area contributed by atoms with E-state index in [2.05, 4.69) is 9.97 Å². The predicted molar refractivity (Wildman–Crippen MR) is 119 cm³/mol. The number of nitrogens with zero attached hydrogens (tertiary/aromatic N) is 2. The summed E-state index contributed by atoms with van der Waals surface area (Å²) in [7, 11) is 1.80. The molecule has 1 aliphatic rings. The third-order valence-electron chi connectivity index (χ3n) is 5.53. The van der Waals surface area contributed by atoms with E-state index in [4.69, 9.17) is 4.74 Å². The van der Waals surface area contributed by atoms with E-state index in [1.54, 1.807) is 23.3 Å². The maximum atomic E-state index is 12.6. The number of fused-ring (bicyclic) bond motifs is 3. The molecular formula is C23H27N3O3S. The Balaban J connectivity index is 1.39. The number of thiophene rings is 1. The first-order valence-electron chi connectivity index (χ1n) is 10.5. The summed E-state index contributed by atoms with van der Waals surface area (Å²) < 4.78 is 5.45. The minimum atomic E-state index is -0.0652. The number of H-pyrrole nitrogens is 1. The third-order valence-corrected chi connectivity index (χ3v) is 6.72. The predicted octanol–water partition coefficient (Wildman–Crippen LogP) is 3.85. The number of nitrogens with one attached hydrogen (secondary N) is 1. The average Bonchev–Trinajstić information content (AvgIpc) is 3.12. The first-order chi connectivity index (χ1) is 14.5. The summed E-state index contributed by atoms with van der Waals surface area (Å²) in [5, 5.41) is 0.761. The quantitative estimate of drug-likeness (QED) is 0.624. The summed E-state index contributed by atoms with van der Waals surface area (Å²) in [6.07, 6.45) is 5.07. The van der Waals surface area contributed by atoms with Crippen molar-refractivity contribution in [3.63, 3.8) is 0 Å². The lowest BCUT2D eigenvalue weighted by Gasteiger charge is -2.17. The van der Waals surface area contributed by atoms with Crippen LogP contribution in [0.3, 0.4) is 0 Å². The topological polar surface area (TPSA) is 75.3 Å². The zero-order valence-electron chi connectivity index (χ0n) is 17.5. The standard InChI is InChI=1S/C23H27N3O3S/c1-3-29-16-10-8-15(9-11-16)14-26(2)20(27)13-12-19-24-22(28)21-17-6-4-5-7-18(17)30-23(21)25-19/h8-11H,3-7,12-14H2,1-2H3,(H,24,25,28). The van der Waals surface area contributed by atoms with Crippen molar-refractivity contribution in [2.75, 3.05) is 13.7 Å². The molecule has 1 N–H and O–H groups in total. The highest BCUT2D eigenvalue weighted by Gasteiger charge is 2.20. The number of aromatic amines is 1. The average molecular weight is 426 g/mol. The molecule has 0 aliphatic heterocycles. The maximum absolute atomic E-state index is 12.6. The van der Waals surface area contributed by atoms with E-state index < -0.39 is 0 Å². The molecule has 0 atom stereocenters. The maximum Gasteiger partial charge on any atom is 0.259 e. The number of rotatable bonds is 7. The Bertz CT molecular complexity index is 1100. The van der Waals surface area contributed by atoms with Gasteiger partial charge >= 0.3 is 0 Å². The normalized spacial score (nSPS) is 13.3. The highest BCUT2D eigenvalue weighted by molar-refractivity contribution is 7.18. The van der Waals surface area contributed by atoms with Gasteiger partial charge < -0.3 is 14.6 Å². The molecule has 6 nitrogen and oxygen atoms in total. The van der Waals surface area contributed by atoms with Gasteiger partial charge in [-0.1, -0.05) is 12.1 Å². The van der Waals surface area contributed by atoms with Gasteiger partial charge in [0, 0.05) is 31.3 Å². The number of benzene rings is 1. The second kappa shape index (κ2) is 9.00. The van der Waals surface area contributed by atoms with Crippen molar-refractivity contribution in [1.82, 2.24) is 14.9 Å². The van der Waals surface area contributed by atoms with E-state index in [9.17, 15) is 9.59 Å². The molecule has 0 saturated heterocycles. The lowest BCUT2D eigenvalue weighted by atomic mass is 9.97. The van der Waals surface area contributed by atoms with Crippen molar-refractivity contribution in [1.29, 1.82) is 0 Å². The van der Waals surface area contributed by atoms with Crippen LogP contribution in [0.2, 0.25) is 0 Å². The number of aromatic nitrogens is 2. The largest absolute Gasteiger partial charge is 0.494 e. The molecule has 2 aromatic heterocycles. The van der Waals surface area contributed by atoms with Crippen molar-refractivity contribution in [2.24, 2.45) is 0 Å². The molecule has 4 rings (SSSR count). The Kier molecular flexibility index (Phi) is 6.18. The number of carbonyl (C=O) groups is 1. The van der Waals surface area contributed by atoms with Crippen LogP contribution in [0.1, 0.15) is 48.0 Å². The summed E-state index contributed by atoms with van der Waals surface area (Å²) in [5.41, 5.74) is 2.17. The zero-order valence-corrected chi connectivity index (χ0v) is 18.3. The molecular weight excluding hydrogens is 398 g/mol. The lowest BCUT2D eigenvalue weighted by Crippen LogP contribution is -2.26. The molecule has 0 fully saturated rings. The monoisotopic (exact) mass is 425 g/mol. The summed E-state index contributed by atoms with van der Waals surface area (Å²) in [5.74, 6) is 1.45. The molecule has 1 aliphatic carbocycles. The van der Waals surface area contributed by atoms with Crippen LogP contribution >= 0.6 is 11.3 Å². The molecule has 1 amide bonds. The molecule has 0 radical (unpaired) electrons. The van der Waals surface area contributed by atoms with E-state index in [1.165, 1.54) is 16.9 Å². The number of ether oxygens (including phenoxy) is 1. The minimum absolute atomic E-state index is 0.0251. The Morgan fingerprint density at radius 3 is 2.77 bits per heavy atom. The van der Waals surface area contributed by atoms with Gasteiger partial charge in [-0.15, -0.1) is 11.3 Å². The van der Waals surface area contributed by atoms with Gasteiger partial charge in [0.25, 0.3) is 5.56 Å². The second-order valence-corrected chi connectivity index (χ2v) is 8.81. The molecule has 7 heteroatoms. The first-order valence-corrected chi connectivity index (χ1v) is 11.4. The van der Waals surface area contributed by atoms with Crippen LogP contribution in [-0.4, -0.2) is 34.4 Å². The van der Waals surface area contributed by atoms with Crippen LogP contribution in [0.25, 0.3) is 10.2 Å². The Morgan fingerprint density at radius 2 is 2.00 bits per heavy atom. The van der Waals surface area contributed by atoms with Crippen molar-refractivity contribution in [2.45, 2.75) is 52.0 Å². The molecule has 30 heavy (non-hydrogen) atoms. The van der Waals surface area contributed by atoms with Gasteiger partial charge in [0.05, 0.1) is 12.0 Å². The molecule has 0 bridgehead atoms. The third kappa shape index (κ3) is 4.41. The molecule has 158 valence electrons. The van der Waals surface area contributed by atoms with Crippen LogP contribution in [-0.2, 0) is 30.6 Å². The van der Waals surface area contributed by atoms with Crippen LogP contribution in [0.15, 0.2) is 29.1 Å². The second-order valence-electron chi connectivity index (χ2n) is 7.73. The van der Waals surface area contributed by atoms with Gasteiger partial charge in [0.2, 0.25) is 5.91 Å². The number of hydrogen-bond donors (Lipinski definition) is 1. The molecule has 0 unspecified atom stereocenters. The van der Waals surface area contributed by atoms with E-state index in [0.717, 1.165) is 40.8 Å². The van der Waals surface area contributed by atoms with E-state index >= 15 is 0 Å². The summed E-state index contributed by atoms with van der Waals surface area (Å²) >= 11 is 1.64. The summed E-state index contributed by atoms with van der Waals surface area (Å²) in [4.78, 5) is 36.6. The van der Waals surface area contributed by atoms with E-state index in [1.807, 2.05) is 31.2 Å². The van der Waals surface area contributed by atoms with Crippen molar-refractivity contribution in [3.05, 3.63) is 56.4 Å². The van der Waals surface area contributed by atoms with E-state index in [-0.39, 0.29) is 11.5 Å². The van der Waals surface area contributed by atoms with Crippen LogP contribution in [0.5, 0.6) is 5.75 Å². The van der Waals surface area contributed by atoms with Gasteiger partial charge in [0.1, 0.15) is 16.4 Å². The van der Waals surface area contributed by atoms with Crippen LogP contribution in [0, 0.1) is 0 Å². The van der Waals surface area contributed by atoms with Crippen molar-refractivity contribution in [3.8, 4) is 5.75 Å². The first kappa shape index (κ1) is 20.6. The smallest absolute Gasteiger partial charge is 0.259 e. The van der Waals surface area contributed by atoms with Gasteiger partial charge in [-0.2, -0.15) is 0 Å². The fraction of sp³-hybridized carbons (Fsp3) is 0.435. The van der Waals surface area contributed by atoms with Crippen LogP contribution < -0.4 is 10.3 Å². The Hall–Kier alpha value is -2.67. The number of amides is 1. The fourth-order valence-corrected chi connectivity index (χ4v) is 5.24. The summed E-state index contributed by atoms with van der Waals surface area (Å²) in [6.45, 7) is 3.12. The fourth-order valence-electron chi connectivity index (χ4n) is 3.96. The number of aryl methyl sites for hydroxylation is 3. The highest BCUT2D eigenvalue weighted by atomic mass is 32.1. The minimum Gasteiger partial charge on any atom is -0.494 e. The van der Waals surface area contributed by atoms with Gasteiger partial charge in [-0.05, 0) is 55.9 Å². The number of hydrogen-bond acceptors (Lipinski definition) is 5. The molecule has 2 heterocycles.